The number of amides is 7. The highest BCUT2D eigenvalue weighted by Crippen LogP contribution is 2.14. The fraction of sp³-hybridized carbons (Fsp3) is 0.500. The number of ketones is 4. The molecule has 31 heteroatoms. The predicted molar refractivity (Wildman–Crippen MR) is 282 cm³/mol. The van der Waals surface area contributed by atoms with Gasteiger partial charge in [-0.15, -0.1) is 0 Å². The lowest BCUT2D eigenvalue weighted by molar-refractivity contribution is -0.146. The second-order valence-corrected chi connectivity index (χ2v) is 19.4. The number of Topliss-reactive ketones (excluding diaryl/α,β-unsaturated/α-hetero) is 4. The molecule has 0 aliphatic carbocycles. The van der Waals surface area contributed by atoms with Gasteiger partial charge < -0.3 is 74.6 Å². The van der Waals surface area contributed by atoms with E-state index in [-0.39, 0.29) is 37.5 Å². The molecule has 1 unspecified atom stereocenters. The molecule has 0 aliphatic heterocycles. The number of hydrazine groups is 2. The van der Waals surface area contributed by atoms with Gasteiger partial charge in [0.05, 0.1) is 50.6 Å². The van der Waals surface area contributed by atoms with Crippen LogP contribution in [0.1, 0.15) is 64.5 Å². The summed E-state index contributed by atoms with van der Waals surface area (Å²) in [7, 11) is 0. The molecule has 0 saturated heterocycles. The first kappa shape index (κ1) is 68.9. The third kappa shape index (κ3) is 23.2. The summed E-state index contributed by atoms with van der Waals surface area (Å²) in [6, 6.07) is -3.95. The Morgan fingerprint density at radius 1 is 0.494 bits per heavy atom. The van der Waals surface area contributed by atoms with Gasteiger partial charge in [0.15, 0.2) is 0 Å². The number of carboxylic acid groups (broad SMARTS) is 2. The highest BCUT2D eigenvalue weighted by Gasteiger charge is 2.39. The van der Waals surface area contributed by atoms with Crippen LogP contribution in [0.15, 0.2) is 54.6 Å². The van der Waals surface area contributed by atoms with Crippen molar-refractivity contribution in [2.75, 3.05) is 19.8 Å². The molecule has 2 aromatic carbocycles. The van der Waals surface area contributed by atoms with Gasteiger partial charge in [-0.1, -0.05) is 70.2 Å². The lowest BCUT2D eigenvalue weighted by Gasteiger charge is -2.27. The Kier molecular flexibility index (Phi) is 29.0. The van der Waals surface area contributed by atoms with Crippen LogP contribution in [0.3, 0.4) is 0 Å². The van der Waals surface area contributed by atoms with Crippen LogP contribution in [0.5, 0.6) is 5.75 Å². The molecule has 0 heterocycles. The van der Waals surface area contributed by atoms with Crippen LogP contribution in [0, 0.1) is 11.8 Å². The van der Waals surface area contributed by atoms with Crippen molar-refractivity contribution >= 4 is 76.4 Å². The third-order valence-electron chi connectivity index (χ3n) is 12.0. The maximum Gasteiger partial charge on any atom is 0.305 e. The number of carbonyl (C=O) groups excluding carboxylic acids is 11. The molecule has 10 atom stereocenters. The number of nitrogens with one attached hydrogen (secondary N) is 9. The number of carboxylic acids is 2. The molecule has 81 heavy (non-hydrogen) atoms. The first-order chi connectivity index (χ1) is 38.1. The van der Waals surface area contributed by atoms with Crippen molar-refractivity contribution in [3.63, 3.8) is 0 Å². The zero-order chi connectivity index (χ0) is 61.3. The largest absolute Gasteiger partial charge is 0.508 e. The van der Waals surface area contributed by atoms with Crippen LogP contribution in [-0.2, 0) is 75.2 Å². The van der Waals surface area contributed by atoms with Crippen molar-refractivity contribution in [3.8, 4) is 5.75 Å². The van der Waals surface area contributed by atoms with E-state index in [1.807, 2.05) is 10.6 Å². The Hall–Kier alpha value is -8.17. The maximum atomic E-state index is 14.1. The van der Waals surface area contributed by atoms with Crippen LogP contribution in [-0.4, -0.2) is 182 Å². The van der Waals surface area contributed by atoms with Gasteiger partial charge >= 0.3 is 11.9 Å². The van der Waals surface area contributed by atoms with Crippen molar-refractivity contribution in [2.45, 2.75) is 127 Å². The van der Waals surface area contributed by atoms with E-state index in [0.29, 0.717) is 11.1 Å². The van der Waals surface area contributed by atoms with Gasteiger partial charge in [0.25, 0.3) is 0 Å². The number of nitrogens with two attached hydrogens (primary N) is 4. The summed E-state index contributed by atoms with van der Waals surface area (Å²) in [4.78, 5) is 171. The number of aliphatic carboxylic acids is 2. The van der Waals surface area contributed by atoms with Crippen LogP contribution in [0.25, 0.3) is 0 Å². The number of hydrogen-bond donors (Lipinski definition) is 18. The number of benzene rings is 2. The Morgan fingerprint density at radius 2 is 0.914 bits per heavy atom. The predicted octanol–water partition coefficient (Wildman–Crippen LogP) is -7.18. The van der Waals surface area contributed by atoms with Gasteiger partial charge in [0.2, 0.25) is 64.5 Å². The molecule has 7 amide bonds. The average molecular weight is 1140 g/mol. The molecule has 31 nitrogen and oxygen atoms in total. The molecule has 0 aliphatic rings. The molecule has 0 spiro atoms. The number of rotatable bonds is 38. The number of aromatic hydroxyl groups is 1. The van der Waals surface area contributed by atoms with E-state index in [1.165, 1.54) is 38.1 Å². The Labute approximate surface area is 464 Å². The molecule has 0 saturated carbocycles. The first-order valence-corrected chi connectivity index (χ1v) is 25.2. The quantitative estimate of drug-likeness (QED) is 0.0169. The van der Waals surface area contributed by atoms with Gasteiger partial charge in [0.1, 0.15) is 48.0 Å². The Morgan fingerprint density at radius 3 is 1.40 bits per heavy atom. The second-order valence-electron chi connectivity index (χ2n) is 19.4. The van der Waals surface area contributed by atoms with Crippen molar-refractivity contribution in [1.82, 2.24) is 48.2 Å². The number of phenols is 1. The van der Waals surface area contributed by atoms with E-state index in [4.69, 9.17) is 23.0 Å². The second kappa shape index (κ2) is 34.1. The maximum absolute atomic E-state index is 14.1. The fourth-order valence-electron chi connectivity index (χ4n) is 7.56. The minimum absolute atomic E-state index is 0.0714. The van der Waals surface area contributed by atoms with Gasteiger partial charge in [-0.3, -0.25) is 68.2 Å². The number of hydrogen-bond acceptors (Lipinski definition) is 22. The van der Waals surface area contributed by atoms with Gasteiger partial charge in [-0.05, 0) is 41.5 Å². The van der Waals surface area contributed by atoms with E-state index < -0.39 is 175 Å². The third-order valence-corrected chi connectivity index (χ3v) is 12.0. The van der Waals surface area contributed by atoms with E-state index in [0.717, 1.165) is 0 Å². The molecule has 0 bridgehead atoms. The summed E-state index contributed by atoms with van der Waals surface area (Å²) in [6.45, 7) is 3.69. The Balaban J connectivity index is 2.38. The molecule has 2 aromatic rings. The van der Waals surface area contributed by atoms with Crippen LogP contribution >= 0.6 is 0 Å². The van der Waals surface area contributed by atoms with Crippen molar-refractivity contribution in [3.05, 3.63) is 65.7 Å². The average Bonchev–Trinajstić information content (AvgIpc) is 3.44. The van der Waals surface area contributed by atoms with E-state index >= 15 is 0 Å². The number of aliphatic hydroxyl groups excluding tert-OH is 2. The van der Waals surface area contributed by atoms with Crippen LogP contribution < -0.4 is 71.2 Å². The summed E-state index contributed by atoms with van der Waals surface area (Å²) in [5.74, 6) is -12.7. The first-order valence-electron chi connectivity index (χ1n) is 25.2. The molecule has 0 fully saturated rings. The van der Waals surface area contributed by atoms with E-state index in [2.05, 4.69) is 37.5 Å². The zero-order valence-electron chi connectivity index (χ0n) is 44.8. The van der Waals surface area contributed by atoms with E-state index in [1.54, 1.807) is 44.2 Å². The van der Waals surface area contributed by atoms with Crippen LogP contribution in [0.4, 0.5) is 0 Å². The molecule has 0 radical (unpaired) electrons. The summed E-state index contributed by atoms with van der Waals surface area (Å²) >= 11 is 0. The minimum Gasteiger partial charge on any atom is -0.508 e. The monoisotopic (exact) mass is 1140 g/mol. The lowest BCUT2D eigenvalue weighted by atomic mass is 9.91. The summed E-state index contributed by atoms with van der Waals surface area (Å²) < 4.78 is 0. The molecule has 2 rings (SSSR count). The zero-order valence-corrected chi connectivity index (χ0v) is 44.8. The van der Waals surface area contributed by atoms with Gasteiger partial charge in [-0.25, -0.2) is 16.3 Å². The standard InChI is InChI=1S/C50H73N13O18/c1-23(2)14-30(61-54)42(73)44(75)40(24(3)4)60-49(80)34(17-37(53)67)62-63-36(22-65)50(81)59-35(21-64)43(74)41(72)29(18-38(68)69)55-48(79)33(19-39(70)71)58-47(78)32(15-25-8-6-5-7-9-25)57-46(77)31(56-45(76)28(52)20-51)16-26-10-12-27(66)13-11-26/h5-13,23-24,28-36,40,61-66H,14-22,51-52,54H2,1-4H3,(H2,53,67)(H,55,79)(H,56,76)(H,57,77)(H,58,78)(H,59,81)(H,60,80)(H,68,69)(H,70,71)/t28?,29-,30-,31-,32-,33-,34-,35-,36-,40-/m0/s1. The smallest absolute Gasteiger partial charge is 0.305 e. The fourth-order valence-corrected chi connectivity index (χ4v) is 7.56. The minimum atomic E-state index is -2.38. The highest BCUT2D eigenvalue weighted by atomic mass is 16.4. The number of carbonyl (C=O) groups is 13. The van der Waals surface area contributed by atoms with E-state index in [9.17, 15) is 87.9 Å². The van der Waals surface area contributed by atoms with Crippen molar-refractivity contribution in [1.29, 1.82) is 0 Å². The molecular formula is C50H73N13O18. The molecular weight excluding hydrogens is 1070 g/mol. The lowest BCUT2D eigenvalue weighted by Crippen LogP contribution is -2.62. The molecule has 22 N–H and O–H groups in total. The van der Waals surface area contributed by atoms with Gasteiger partial charge in [-0.2, -0.15) is 0 Å². The number of aliphatic hydroxyl groups is 2. The van der Waals surface area contributed by atoms with Crippen molar-refractivity contribution in [2.24, 2.45) is 34.9 Å². The summed E-state index contributed by atoms with van der Waals surface area (Å²) in [5.41, 5.74) is 24.3. The number of primary amides is 1. The van der Waals surface area contributed by atoms with Gasteiger partial charge in [0, 0.05) is 19.4 Å². The normalized spacial score (nSPS) is 14.9. The van der Waals surface area contributed by atoms with Crippen LogP contribution in [0.2, 0.25) is 0 Å². The molecule has 0 aromatic heterocycles. The number of phenolic OH excluding ortho intramolecular Hbond substituents is 1. The topological polar surface area (TPSA) is 535 Å². The van der Waals surface area contributed by atoms with Crippen molar-refractivity contribution < 1.29 is 87.9 Å². The Bertz CT molecular complexity index is 2550. The summed E-state index contributed by atoms with van der Waals surface area (Å²) in [5, 5.41) is 62.8. The highest BCUT2D eigenvalue weighted by molar-refractivity contribution is 6.42. The molecule has 446 valence electrons. The summed E-state index contributed by atoms with van der Waals surface area (Å²) in [6.07, 6.45) is -3.82. The SMILES string of the molecule is CC(C)C[C@H](NN)C(=O)C(=O)[C@@H](NC(=O)[C@H](CC(N)=O)NN[C@@H](CO)C(=O)N[C@@H](CO)C(=O)C(=O)[C@H](CC(=O)O)NC(=O)[C@H](CC(=O)O)NC(=O)[C@H](Cc1ccccc1)NC(=O)[C@H](Cc1ccc(O)cc1)NC(=O)C(N)CN)C(C)C.